The van der Waals surface area contributed by atoms with Gasteiger partial charge in [-0.3, -0.25) is 0 Å². The first-order valence-corrected chi connectivity index (χ1v) is 6.16. The third-order valence-electron chi connectivity index (χ3n) is 1.67. The maximum atomic E-state index is 11.2. The predicted octanol–water partition coefficient (Wildman–Crippen LogP) is 2.85. The normalized spacial score (nSPS) is 12.5. The van der Waals surface area contributed by atoms with Crippen LogP contribution in [0.1, 0.15) is 12.5 Å². The summed E-state index contributed by atoms with van der Waals surface area (Å²) in [6.07, 6.45) is 0. The van der Waals surface area contributed by atoms with Gasteiger partial charge in [0, 0.05) is 15.9 Å². The van der Waals surface area contributed by atoms with Crippen LogP contribution in [-0.4, -0.2) is 9.96 Å². The highest BCUT2D eigenvalue weighted by Crippen LogP contribution is 2.20. The number of aryl methyl sites for hydroxylation is 1. The minimum absolute atomic E-state index is 0.621. The molecular formula is C9H12BrNOS. The Labute approximate surface area is 89.5 Å². The summed E-state index contributed by atoms with van der Waals surface area (Å²) in [7, 11) is -0.960. The van der Waals surface area contributed by atoms with Crippen LogP contribution >= 0.6 is 15.9 Å². The van der Waals surface area contributed by atoms with Gasteiger partial charge in [0.15, 0.2) is 0 Å². The molecule has 0 radical (unpaired) electrons. The van der Waals surface area contributed by atoms with Crippen molar-refractivity contribution in [2.24, 2.45) is 0 Å². The molecule has 1 unspecified atom stereocenters. The Morgan fingerprint density at radius 2 is 2.23 bits per heavy atom. The lowest BCUT2D eigenvalue weighted by Gasteiger charge is -2.07. The van der Waals surface area contributed by atoms with Crippen LogP contribution in [0.5, 0.6) is 0 Å². The van der Waals surface area contributed by atoms with Crippen molar-refractivity contribution in [1.82, 2.24) is 0 Å². The smallest absolute Gasteiger partial charge is 0.116 e. The Morgan fingerprint density at radius 3 is 2.77 bits per heavy atom. The largest absolute Gasteiger partial charge is 0.305 e. The Balaban J connectivity index is 2.83. The van der Waals surface area contributed by atoms with Gasteiger partial charge in [0.25, 0.3) is 0 Å². The molecule has 0 aliphatic carbocycles. The third kappa shape index (κ3) is 3.12. The second-order valence-electron chi connectivity index (χ2n) is 2.70. The lowest BCUT2D eigenvalue weighted by molar-refractivity contribution is 0.687. The summed E-state index contributed by atoms with van der Waals surface area (Å²) in [4.78, 5) is 0. The molecular weight excluding hydrogens is 250 g/mol. The fraction of sp³-hybridized carbons (Fsp3) is 0.333. The number of halogens is 1. The second kappa shape index (κ2) is 4.77. The molecule has 0 spiro atoms. The van der Waals surface area contributed by atoms with Crippen LogP contribution in [0.2, 0.25) is 0 Å². The van der Waals surface area contributed by atoms with E-state index >= 15 is 0 Å². The van der Waals surface area contributed by atoms with E-state index in [4.69, 9.17) is 0 Å². The van der Waals surface area contributed by atoms with Gasteiger partial charge in [-0.25, -0.2) is 4.21 Å². The van der Waals surface area contributed by atoms with Crippen LogP contribution < -0.4 is 4.72 Å². The molecule has 0 aliphatic heterocycles. The van der Waals surface area contributed by atoms with Crippen LogP contribution in [0.25, 0.3) is 0 Å². The summed E-state index contributed by atoms with van der Waals surface area (Å²) in [6.45, 7) is 3.87. The van der Waals surface area contributed by atoms with Gasteiger partial charge in [0.05, 0.1) is 0 Å². The van der Waals surface area contributed by atoms with Crippen molar-refractivity contribution in [3.8, 4) is 0 Å². The molecule has 2 nitrogen and oxygen atoms in total. The van der Waals surface area contributed by atoms with Gasteiger partial charge in [0.1, 0.15) is 11.0 Å². The average Bonchev–Trinajstić information content (AvgIpc) is 2.09. The Hall–Kier alpha value is -0.350. The monoisotopic (exact) mass is 261 g/mol. The van der Waals surface area contributed by atoms with E-state index in [0.717, 1.165) is 15.7 Å². The van der Waals surface area contributed by atoms with E-state index in [1.807, 2.05) is 32.0 Å². The van der Waals surface area contributed by atoms with E-state index in [1.54, 1.807) is 0 Å². The molecule has 0 bridgehead atoms. The number of hydrogen-bond donors (Lipinski definition) is 1. The number of benzene rings is 1. The minimum atomic E-state index is -0.960. The SMILES string of the molecule is CCS(=O)Nc1ccc(Br)cc1C. The molecule has 1 atom stereocenters. The molecule has 13 heavy (non-hydrogen) atoms. The molecule has 72 valence electrons. The van der Waals surface area contributed by atoms with Crippen molar-refractivity contribution in [3.05, 3.63) is 28.2 Å². The van der Waals surface area contributed by atoms with Gasteiger partial charge in [-0.05, 0) is 30.7 Å². The molecule has 0 saturated carbocycles. The van der Waals surface area contributed by atoms with Gasteiger partial charge in [-0.2, -0.15) is 0 Å². The van der Waals surface area contributed by atoms with E-state index in [1.165, 1.54) is 0 Å². The van der Waals surface area contributed by atoms with E-state index < -0.39 is 11.0 Å². The van der Waals surface area contributed by atoms with Crippen LogP contribution in [-0.2, 0) is 11.0 Å². The lowest BCUT2D eigenvalue weighted by Crippen LogP contribution is -2.06. The zero-order valence-electron chi connectivity index (χ0n) is 7.63. The fourth-order valence-corrected chi connectivity index (χ4v) is 2.03. The van der Waals surface area contributed by atoms with E-state index in [0.29, 0.717) is 5.75 Å². The molecule has 0 fully saturated rings. The number of hydrogen-bond acceptors (Lipinski definition) is 1. The maximum absolute atomic E-state index is 11.2. The van der Waals surface area contributed by atoms with Gasteiger partial charge in [-0.15, -0.1) is 0 Å². The van der Waals surface area contributed by atoms with Crippen molar-refractivity contribution >= 4 is 32.6 Å². The van der Waals surface area contributed by atoms with Gasteiger partial charge in [0.2, 0.25) is 0 Å². The van der Waals surface area contributed by atoms with Crippen LogP contribution in [0.4, 0.5) is 5.69 Å². The molecule has 0 saturated heterocycles. The first-order valence-electron chi connectivity index (χ1n) is 4.04. The summed E-state index contributed by atoms with van der Waals surface area (Å²) >= 11 is 3.38. The van der Waals surface area contributed by atoms with Crippen LogP contribution in [0.3, 0.4) is 0 Å². The van der Waals surface area contributed by atoms with Crippen LogP contribution in [0, 0.1) is 6.92 Å². The molecule has 1 aromatic carbocycles. The zero-order chi connectivity index (χ0) is 9.84. The number of rotatable bonds is 3. The highest BCUT2D eigenvalue weighted by atomic mass is 79.9. The molecule has 0 amide bonds. The quantitative estimate of drug-likeness (QED) is 0.891. The molecule has 0 heterocycles. The van der Waals surface area contributed by atoms with Crippen molar-refractivity contribution in [2.75, 3.05) is 10.5 Å². The molecule has 1 N–H and O–H groups in total. The summed E-state index contributed by atoms with van der Waals surface area (Å²) in [6, 6.07) is 5.85. The second-order valence-corrected chi connectivity index (χ2v) is 5.08. The van der Waals surface area contributed by atoms with Crippen molar-refractivity contribution in [3.63, 3.8) is 0 Å². The van der Waals surface area contributed by atoms with Gasteiger partial charge >= 0.3 is 0 Å². The van der Waals surface area contributed by atoms with Crippen molar-refractivity contribution < 1.29 is 4.21 Å². The molecule has 1 rings (SSSR count). The topological polar surface area (TPSA) is 29.1 Å². The molecule has 0 aliphatic rings. The molecule has 4 heteroatoms. The highest BCUT2D eigenvalue weighted by Gasteiger charge is 2.00. The average molecular weight is 262 g/mol. The van der Waals surface area contributed by atoms with E-state index in [2.05, 4.69) is 20.7 Å². The standard InChI is InChI=1S/C9H12BrNOS/c1-3-13(12)11-9-5-4-8(10)6-7(9)2/h4-6,11H,3H2,1-2H3. The third-order valence-corrected chi connectivity index (χ3v) is 3.14. The highest BCUT2D eigenvalue weighted by molar-refractivity contribution is 9.10. The summed E-state index contributed by atoms with van der Waals surface area (Å²) in [5.41, 5.74) is 2.03. The number of anilines is 1. The van der Waals surface area contributed by atoms with E-state index in [9.17, 15) is 4.21 Å². The van der Waals surface area contributed by atoms with Gasteiger partial charge in [-0.1, -0.05) is 22.9 Å². The first kappa shape index (κ1) is 10.7. The van der Waals surface area contributed by atoms with Crippen molar-refractivity contribution in [1.29, 1.82) is 0 Å². The van der Waals surface area contributed by atoms with Gasteiger partial charge < -0.3 is 4.72 Å². The Bertz CT molecular complexity index is 327. The summed E-state index contributed by atoms with van der Waals surface area (Å²) in [5, 5.41) is 0. The predicted molar refractivity (Wildman–Crippen MR) is 61.2 cm³/mol. The summed E-state index contributed by atoms with van der Waals surface area (Å²) < 4.78 is 15.2. The molecule has 1 aromatic rings. The van der Waals surface area contributed by atoms with E-state index in [-0.39, 0.29) is 0 Å². The minimum Gasteiger partial charge on any atom is -0.305 e. The van der Waals surface area contributed by atoms with Crippen molar-refractivity contribution in [2.45, 2.75) is 13.8 Å². The summed E-state index contributed by atoms with van der Waals surface area (Å²) in [5.74, 6) is 0.621. The number of nitrogens with one attached hydrogen (secondary N) is 1. The van der Waals surface area contributed by atoms with Crippen LogP contribution in [0.15, 0.2) is 22.7 Å². The zero-order valence-corrected chi connectivity index (χ0v) is 10.0. The Morgan fingerprint density at radius 1 is 1.54 bits per heavy atom. The fourth-order valence-electron chi connectivity index (χ4n) is 0.936. The molecule has 0 aromatic heterocycles. The maximum Gasteiger partial charge on any atom is 0.116 e. The Kier molecular flexibility index (Phi) is 3.93. The first-order chi connectivity index (χ1) is 6.13. The lowest BCUT2D eigenvalue weighted by atomic mass is 10.2.